The second-order valence-electron chi connectivity index (χ2n) is 7.20. The van der Waals surface area contributed by atoms with Gasteiger partial charge in [0.1, 0.15) is 5.75 Å². The van der Waals surface area contributed by atoms with Crippen molar-refractivity contribution in [2.45, 2.75) is 32.6 Å². The summed E-state index contributed by atoms with van der Waals surface area (Å²) < 4.78 is 17.7. The number of aryl methyl sites for hydroxylation is 2. The Morgan fingerprint density at radius 1 is 1.03 bits per heavy atom. The van der Waals surface area contributed by atoms with Crippen LogP contribution in [0.25, 0.3) is 0 Å². The van der Waals surface area contributed by atoms with E-state index in [0.717, 1.165) is 29.8 Å². The smallest absolute Gasteiger partial charge is 0.238 e. The van der Waals surface area contributed by atoms with Gasteiger partial charge >= 0.3 is 0 Å². The third-order valence-electron chi connectivity index (χ3n) is 5.19. The second-order valence-corrected chi connectivity index (χ2v) is 8.06. The van der Waals surface area contributed by atoms with Crippen molar-refractivity contribution in [2.24, 2.45) is 0 Å². The summed E-state index contributed by atoms with van der Waals surface area (Å²) in [6, 6.07) is 10.0. The van der Waals surface area contributed by atoms with Gasteiger partial charge in [0, 0.05) is 11.8 Å². The summed E-state index contributed by atoms with van der Waals surface area (Å²) in [7, 11) is 3.24. The molecule has 1 aliphatic carbocycles. The summed E-state index contributed by atoms with van der Waals surface area (Å²) in [6.07, 6.45) is 6.23. The largest absolute Gasteiger partial charge is 0.493 e. The molecule has 1 aromatic heterocycles. The molecule has 0 aliphatic heterocycles. The van der Waals surface area contributed by atoms with E-state index in [0.29, 0.717) is 27.8 Å². The van der Waals surface area contributed by atoms with Gasteiger partial charge in [-0.1, -0.05) is 12.1 Å². The van der Waals surface area contributed by atoms with Crippen LogP contribution in [0.3, 0.4) is 0 Å². The summed E-state index contributed by atoms with van der Waals surface area (Å²) in [5.74, 6) is 3.12. The molecule has 4 rings (SSSR count). The van der Waals surface area contributed by atoms with Crippen LogP contribution in [0.2, 0.25) is 0 Å². The monoisotopic (exact) mass is 469 g/mol. The Labute approximate surface area is 184 Å². The number of ether oxygens (including phenoxy) is 3. The molecule has 0 amide bonds. The molecule has 7 heteroatoms. The topological polar surface area (TPSA) is 65.5 Å². The van der Waals surface area contributed by atoms with Crippen LogP contribution in [0.5, 0.6) is 23.1 Å². The fraction of sp³-hybridized carbons (Fsp3) is 0.304. The number of halogens is 1. The summed E-state index contributed by atoms with van der Waals surface area (Å²) in [5.41, 5.74) is 4.39. The molecular weight excluding hydrogens is 446 g/mol. The fourth-order valence-electron chi connectivity index (χ4n) is 3.79. The van der Waals surface area contributed by atoms with Crippen LogP contribution in [0.15, 0.2) is 41.0 Å². The molecule has 1 N–H and O–H groups in total. The average molecular weight is 470 g/mol. The van der Waals surface area contributed by atoms with Gasteiger partial charge in [0.05, 0.1) is 24.9 Å². The lowest BCUT2D eigenvalue weighted by atomic mass is 9.91. The normalized spacial score (nSPS) is 12.8. The quantitative estimate of drug-likeness (QED) is 0.478. The zero-order valence-electron chi connectivity index (χ0n) is 17.3. The molecule has 2 aromatic carbocycles. The highest BCUT2D eigenvalue weighted by Gasteiger charge is 2.17. The maximum Gasteiger partial charge on any atom is 0.238 e. The van der Waals surface area contributed by atoms with Crippen molar-refractivity contribution in [3.63, 3.8) is 0 Å². The van der Waals surface area contributed by atoms with Gasteiger partial charge in [-0.05, 0) is 77.4 Å². The Hall–Kier alpha value is -2.80. The first-order chi connectivity index (χ1) is 14.6. The van der Waals surface area contributed by atoms with Gasteiger partial charge in [-0.15, -0.1) is 0 Å². The Balaban J connectivity index is 1.61. The maximum atomic E-state index is 6.21. The molecule has 0 saturated heterocycles. The van der Waals surface area contributed by atoms with Gasteiger partial charge in [0.2, 0.25) is 11.8 Å². The third-order valence-corrected chi connectivity index (χ3v) is 5.74. The van der Waals surface area contributed by atoms with Crippen molar-refractivity contribution in [1.29, 1.82) is 0 Å². The summed E-state index contributed by atoms with van der Waals surface area (Å²) >= 11 is 3.51. The molecule has 0 saturated carbocycles. The van der Waals surface area contributed by atoms with Crippen molar-refractivity contribution in [2.75, 3.05) is 19.5 Å². The van der Waals surface area contributed by atoms with Gasteiger partial charge in [0.15, 0.2) is 11.5 Å². The second kappa shape index (κ2) is 8.92. The number of rotatable bonds is 6. The van der Waals surface area contributed by atoms with Crippen LogP contribution in [0.4, 0.5) is 11.6 Å². The minimum atomic E-state index is 0.435. The lowest BCUT2D eigenvalue weighted by Crippen LogP contribution is -2.05. The third kappa shape index (κ3) is 4.21. The van der Waals surface area contributed by atoms with Crippen molar-refractivity contribution in [1.82, 2.24) is 9.97 Å². The van der Waals surface area contributed by atoms with Crippen LogP contribution in [-0.4, -0.2) is 24.2 Å². The van der Waals surface area contributed by atoms with Gasteiger partial charge in [-0.3, -0.25) is 0 Å². The molecule has 0 bridgehead atoms. The zero-order chi connectivity index (χ0) is 21.1. The van der Waals surface area contributed by atoms with E-state index in [1.54, 1.807) is 20.4 Å². The van der Waals surface area contributed by atoms with E-state index < -0.39 is 0 Å². The fourth-order valence-corrected chi connectivity index (χ4v) is 4.06. The highest BCUT2D eigenvalue weighted by atomic mass is 79.9. The number of hydrogen-bond donors (Lipinski definition) is 1. The van der Waals surface area contributed by atoms with Crippen LogP contribution < -0.4 is 19.5 Å². The molecule has 0 atom stereocenters. The SMILES string of the molecule is COc1cc(Nc2ncc(Br)c(Oc3cccc4c3CCCC4)n2)cc(C)c1OC. The first-order valence-corrected chi connectivity index (χ1v) is 10.7. The van der Waals surface area contributed by atoms with Crippen LogP contribution in [-0.2, 0) is 12.8 Å². The van der Waals surface area contributed by atoms with Gasteiger partial charge in [-0.25, -0.2) is 4.98 Å². The van der Waals surface area contributed by atoms with Crippen molar-refractivity contribution in [3.05, 3.63) is 57.7 Å². The van der Waals surface area contributed by atoms with E-state index in [9.17, 15) is 0 Å². The predicted octanol–water partition coefficient (Wildman–Crippen LogP) is 5.98. The minimum Gasteiger partial charge on any atom is -0.493 e. The highest BCUT2D eigenvalue weighted by molar-refractivity contribution is 9.10. The molecule has 156 valence electrons. The summed E-state index contributed by atoms with van der Waals surface area (Å²) in [6.45, 7) is 1.96. The van der Waals surface area contributed by atoms with Crippen molar-refractivity contribution >= 4 is 27.6 Å². The molecule has 0 fully saturated rings. The maximum absolute atomic E-state index is 6.21. The first-order valence-electron chi connectivity index (χ1n) is 9.90. The predicted molar refractivity (Wildman–Crippen MR) is 120 cm³/mol. The first kappa shape index (κ1) is 20.5. The van der Waals surface area contributed by atoms with Gasteiger partial charge in [0.25, 0.3) is 0 Å². The van der Waals surface area contributed by atoms with E-state index in [-0.39, 0.29) is 0 Å². The van der Waals surface area contributed by atoms with E-state index >= 15 is 0 Å². The minimum absolute atomic E-state index is 0.435. The number of benzene rings is 2. The lowest BCUT2D eigenvalue weighted by Gasteiger charge is -2.19. The van der Waals surface area contributed by atoms with E-state index in [1.165, 1.54) is 24.0 Å². The Morgan fingerprint density at radius 2 is 1.87 bits per heavy atom. The molecule has 3 aromatic rings. The number of fused-ring (bicyclic) bond motifs is 1. The number of nitrogens with zero attached hydrogens (tertiary/aromatic N) is 2. The molecular formula is C23H24BrN3O3. The van der Waals surface area contributed by atoms with Crippen LogP contribution in [0.1, 0.15) is 29.5 Å². The number of aromatic nitrogens is 2. The van der Waals surface area contributed by atoms with Crippen LogP contribution >= 0.6 is 15.9 Å². The van der Waals surface area contributed by atoms with Gasteiger partial charge < -0.3 is 19.5 Å². The Morgan fingerprint density at radius 3 is 2.67 bits per heavy atom. The number of anilines is 2. The van der Waals surface area contributed by atoms with E-state index in [1.807, 2.05) is 31.2 Å². The van der Waals surface area contributed by atoms with Gasteiger partial charge in [-0.2, -0.15) is 4.98 Å². The van der Waals surface area contributed by atoms with Crippen LogP contribution in [0, 0.1) is 6.92 Å². The lowest BCUT2D eigenvalue weighted by molar-refractivity contribution is 0.353. The molecule has 0 radical (unpaired) electrons. The number of hydrogen-bond acceptors (Lipinski definition) is 6. The average Bonchev–Trinajstić information content (AvgIpc) is 2.76. The number of nitrogens with one attached hydrogen (secondary N) is 1. The zero-order valence-corrected chi connectivity index (χ0v) is 18.9. The molecule has 1 heterocycles. The molecule has 0 spiro atoms. The standard InChI is InChI=1S/C23H24BrN3O3/c1-14-11-16(12-20(28-2)21(14)29-3)26-23-25-13-18(24)22(27-23)30-19-10-6-8-15-7-4-5-9-17(15)19/h6,8,10-13H,4-5,7,9H2,1-3H3,(H,25,26,27). The Bertz CT molecular complexity index is 1070. The van der Waals surface area contributed by atoms with Crippen molar-refractivity contribution < 1.29 is 14.2 Å². The molecule has 1 aliphatic rings. The number of methoxy groups -OCH3 is 2. The molecule has 30 heavy (non-hydrogen) atoms. The highest BCUT2D eigenvalue weighted by Crippen LogP contribution is 2.37. The van der Waals surface area contributed by atoms with E-state index in [4.69, 9.17) is 14.2 Å². The summed E-state index contributed by atoms with van der Waals surface area (Å²) in [4.78, 5) is 8.95. The summed E-state index contributed by atoms with van der Waals surface area (Å²) in [5, 5.41) is 3.23. The van der Waals surface area contributed by atoms with E-state index in [2.05, 4.69) is 37.3 Å². The van der Waals surface area contributed by atoms with Crippen molar-refractivity contribution in [3.8, 4) is 23.1 Å². The molecule has 6 nitrogen and oxygen atoms in total. The molecule has 0 unspecified atom stereocenters. The Kier molecular flexibility index (Phi) is 6.08.